The van der Waals surface area contributed by atoms with Crippen LogP contribution in [0.15, 0.2) is 60.7 Å². The van der Waals surface area contributed by atoms with E-state index < -0.39 is 18.0 Å². The first-order chi connectivity index (χ1) is 16.2. The summed E-state index contributed by atoms with van der Waals surface area (Å²) in [5.41, 5.74) is 4.45. The first kappa shape index (κ1) is 25.0. The van der Waals surface area contributed by atoms with Crippen molar-refractivity contribution in [2.75, 3.05) is 19.7 Å². The lowest BCUT2D eigenvalue weighted by atomic mass is 9.84. The van der Waals surface area contributed by atoms with Gasteiger partial charge in [-0.1, -0.05) is 75.4 Å². The highest BCUT2D eigenvalue weighted by atomic mass is 16.5. The molecule has 1 aliphatic carbocycles. The van der Waals surface area contributed by atoms with Gasteiger partial charge in [0.15, 0.2) is 0 Å². The SMILES string of the molecule is CC(C)(C)CC(CNC(=O)OCC1c2ccccc2-c2ccccc21)C(=O)NC/C=C/C(=O)O. The Balaban J connectivity index is 1.57. The first-order valence-electron chi connectivity index (χ1n) is 11.4. The molecule has 7 heteroatoms. The molecule has 180 valence electrons. The summed E-state index contributed by atoms with van der Waals surface area (Å²) in [4.78, 5) is 35.7. The number of carboxylic acids is 1. The third-order valence-corrected chi connectivity index (χ3v) is 5.72. The summed E-state index contributed by atoms with van der Waals surface area (Å²) >= 11 is 0. The zero-order chi connectivity index (χ0) is 24.7. The summed E-state index contributed by atoms with van der Waals surface area (Å²) in [6, 6.07) is 16.3. The fourth-order valence-corrected chi connectivity index (χ4v) is 4.32. The van der Waals surface area contributed by atoms with Crippen LogP contribution >= 0.6 is 0 Å². The lowest BCUT2D eigenvalue weighted by molar-refractivity contribution is -0.131. The van der Waals surface area contributed by atoms with Crippen molar-refractivity contribution in [3.05, 3.63) is 71.8 Å². The van der Waals surface area contributed by atoms with E-state index in [1.165, 1.54) is 6.08 Å². The lowest BCUT2D eigenvalue weighted by Crippen LogP contribution is -2.41. The normalized spacial score (nSPS) is 13.7. The van der Waals surface area contributed by atoms with E-state index in [1.807, 2.05) is 45.0 Å². The molecule has 1 atom stereocenters. The minimum absolute atomic E-state index is 0.0344. The molecule has 2 aromatic rings. The molecule has 0 aromatic heterocycles. The Kier molecular flexibility index (Phi) is 8.10. The number of ether oxygens (including phenoxy) is 1. The average Bonchev–Trinajstić information content (AvgIpc) is 3.11. The van der Waals surface area contributed by atoms with Gasteiger partial charge >= 0.3 is 12.1 Å². The predicted molar refractivity (Wildman–Crippen MR) is 130 cm³/mol. The summed E-state index contributed by atoms with van der Waals surface area (Å²) in [6.45, 7) is 6.50. The number of carbonyl (C=O) groups excluding carboxylic acids is 2. The Bertz CT molecular complexity index is 1030. The number of carboxylic acid groups (broad SMARTS) is 1. The van der Waals surface area contributed by atoms with Gasteiger partial charge in [0.25, 0.3) is 0 Å². The van der Waals surface area contributed by atoms with Gasteiger partial charge in [0, 0.05) is 25.1 Å². The predicted octanol–water partition coefficient (Wildman–Crippen LogP) is 4.33. The highest BCUT2D eigenvalue weighted by molar-refractivity contribution is 5.81. The molecule has 3 rings (SSSR count). The Morgan fingerprint density at radius 2 is 1.59 bits per heavy atom. The Labute approximate surface area is 200 Å². The molecule has 2 amide bonds. The average molecular weight is 465 g/mol. The molecule has 3 N–H and O–H groups in total. The summed E-state index contributed by atoms with van der Waals surface area (Å²) in [6.07, 6.45) is 2.33. The molecular formula is C27H32N2O5. The van der Waals surface area contributed by atoms with Crippen LogP contribution in [0.25, 0.3) is 11.1 Å². The Morgan fingerprint density at radius 1 is 1.00 bits per heavy atom. The quantitative estimate of drug-likeness (QED) is 0.479. The zero-order valence-electron chi connectivity index (χ0n) is 19.8. The van der Waals surface area contributed by atoms with Gasteiger partial charge in [-0.05, 0) is 34.1 Å². The number of hydrogen-bond acceptors (Lipinski definition) is 4. The van der Waals surface area contributed by atoms with Crippen LogP contribution in [-0.4, -0.2) is 42.8 Å². The van der Waals surface area contributed by atoms with Gasteiger partial charge in [0.05, 0.1) is 5.92 Å². The fourth-order valence-electron chi connectivity index (χ4n) is 4.32. The van der Waals surface area contributed by atoms with Crippen LogP contribution in [0.4, 0.5) is 4.79 Å². The molecule has 0 spiro atoms. The van der Waals surface area contributed by atoms with Crippen LogP contribution in [0.2, 0.25) is 0 Å². The molecular weight excluding hydrogens is 432 g/mol. The maximum Gasteiger partial charge on any atom is 0.407 e. The van der Waals surface area contributed by atoms with E-state index in [2.05, 4.69) is 34.9 Å². The van der Waals surface area contributed by atoms with Crippen molar-refractivity contribution in [1.29, 1.82) is 0 Å². The molecule has 2 aromatic carbocycles. The zero-order valence-corrected chi connectivity index (χ0v) is 19.8. The topological polar surface area (TPSA) is 105 Å². The number of amides is 2. The smallest absolute Gasteiger partial charge is 0.407 e. The van der Waals surface area contributed by atoms with Gasteiger partial charge in [-0.15, -0.1) is 0 Å². The summed E-state index contributed by atoms with van der Waals surface area (Å²) < 4.78 is 5.57. The van der Waals surface area contributed by atoms with E-state index in [0.717, 1.165) is 28.3 Å². The standard InChI is InChI=1S/C27H32N2O5/c1-27(2,3)15-18(25(32)28-14-8-13-24(30)31)16-29-26(33)34-17-23-21-11-6-4-9-19(21)20-10-5-7-12-22(20)23/h4-13,18,23H,14-17H2,1-3H3,(H,28,32)(H,29,33)(H,30,31)/b13-8+. The second-order valence-electron chi connectivity index (χ2n) is 9.65. The molecule has 0 saturated carbocycles. The van der Waals surface area contributed by atoms with E-state index >= 15 is 0 Å². The van der Waals surface area contributed by atoms with Crippen LogP contribution < -0.4 is 10.6 Å². The monoisotopic (exact) mass is 464 g/mol. The fraction of sp³-hybridized carbons (Fsp3) is 0.370. The molecule has 34 heavy (non-hydrogen) atoms. The molecule has 0 fully saturated rings. The minimum atomic E-state index is -1.07. The number of aliphatic carboxylic acids is 1. The Morgan fingerprint density at radius 3 is 2.15 bits per heavy atom. The summed E-state index contributed by atoms with van der Waals surface area (Å²) in [5, 5.41) is 14.1. The van der Waals surface area contributed by atoms with E-state index in [1.54, 1.807) is 0 Å². The maximum absolute atomic E-state index is 12.6. The second-order valence-corrected chi connectivity index (χ2v) is 9.65. The second kappa shape index (κ2) is 11.0. The molecule has 0 saturated heterocycles. The third-order valence-electron chi connectivity index (χ3n) is 5.72. The van der Waals surface area contributed by atoms with E-state index in [-0.39, 0.29) is 36.9 Å². The van der Waals surface area contributed by atoms with Crippen LogP contribution in [0, 0.1) is 11.3 Å². The molecule has 0 heterocycles. The van der Waals surface area contributed by atoms with E-state index in [4.69, 9.17) is 9.84 Å². The van der Waals surface area contributed by atoms with Crippen LogP contribution in [-0.2, 0) is 14.3 Å². The van der Waals surface area contributed by atoms with Gasteiger partial charge in [-0.2, -0.15) is 0 Å². The maximum atomic E-state index is 12.6. The molecule has 0 radical (unpaired) electrons. The van der Waals surface area contributed by atoms with Crippen molar-refractivity contribution in [3.8, 4) is 11.1 Å². The van der Waals surface area contributed by atoms with Gasteiger partial charge in [-0.3, -0.25) is 4.79 Å². The van der Waals surface area contributed by atoms with Crippen LogP contribution in [0.3, 0.4) is 0 Å². The van der Waals surface area contributed by atoms with E-state index in [0.29, 0.717) is 6.42 Å². The molecule has 0 bridgehead atoms. The van der Waals surface area contributed by atoms with E-state index in [9.17, 15) is 14.4 Å². The van der Waals surface area contributed by atoms with Crippen molar-refractivity contribution >= 4 is 18.0 Å². The number of rotatable bonds is 9. The molecule has 1 aliphatic rings. The van der Waals surface area contributed by atoms with Crippen molar-refractivity contribution in [1.82, 2.24) is 10.6 Å². The van der Waals surface area contributed by atoms with Gasteiger partial charge in [0.2, 0.25) is 5.91 Å². The van der Waals surface area contributed by atoms with Crippen molar-refractivity contribution in [2.24, 2.45) is 11.3 Å². The highest BCUT2D eigenvalue weighted by Crippen LogP contribution is 2.44. The largest absolute Gasteiger partial charge is 0.478 e. The van der Waals surface area contributed by atoms with Crippen molar-refractivity contribution < 1.29 is 24.2 Å². The Hall–Kier alpha value is -3.61. The highest BCUT2D eigenvalue weighted by Gasteiger charge is 2.29. The molecule has 0 aliphatic heterocycles. The third kappa shape index (κ3) is 6.70. The number of carbonyl (C=O) groups is 3. The number of alkyl carbamates (subject to hydrolysis) is 1. The van der Waals surface area contributed by atoms with Gasteiger partial charge in [-0.25, -0.2) is 9.59 Å². The summed E-state index contributed by atoms with van der Waals surface area (Å²) in [5.74, 6) is -1.83. The molecule has 7 nitrogen and oxygen atoms in total. The number of fused-ring (bicyclic) bond motifs is 3. The van der Waals surface area contributed by atoms with Crippen LogP contribution in [0.5, 0.6) is 0 Å². The minimum Gasteiger partial charge on any atom is -0.478 e. The summed E-state index contributed by atoms with van der Waals surface area (Å²) in [7, 11) is 0. The number of hydrogen-bond donors (Lipinski definition) is 3. The molecule has 1 unspecified atom stereocenters. The van der Waals surface area contributed by atoms with Gasteiger partial charge < -0.3 is 20.5 Å². The van der Waals surface area contributed by atoms with Crippen LogP contribution in [0.1, 0.15) is 44.2 Å². The number of benzene rings is 2. The first-order valence-corrected chi connectivity index (χ1v) is 11.4. The lowest BCUT2D eigenvalue weighted by Gasteiger charge is -2.25. The van der Waals surface area contributed by atoms with Crippen molar-refractivity contribution in [2.45, 2.75) is 33.1 Å². The van der Waals surface area contributed by atoms with Gasteiger partial charge in [0.1, 0.15) is 6.61 Å². The van der Waals surface area contributed by atoms with Crippen molar-refractivity contribution in [3.63, 3.8) is 0 Å². The number of nitrogens with one attached hydrogen (secondary N) is 2.